The second-order valence-electron chi connectivity index (χ2n) is 0.492. The molecule has 0 aliphatic rings. The zero-order valence-corrected chi connectivity index (χ0v) is 4.37. The topological polar surface area (TPSA) is 71.6 Å². The van der Waals surface area contributed by atoms with Gasteiger partial charge in [0.1, 0.15) is 0 Å². The first kappa shape index (κ1) is 16.8. The molecule has 0 aliphatic heterocycles. The minimum atomic E-state index is -1.08. The summed E-state index contributed by atoms with van der Waals surface area (Å²) in [6.07, 6.45) is 0. The van der Waals surface area contributed by atoms with E-state index in [2.05, 4.69) is 0 Å². The Kier molecular flexibility index (Phi) is 24.8. The van der Waals surface area contributed by atoms with Gasteiger partial charge in [-0.3, -0.25) is 0 Å². The summed E-state index contributed by atoms with van der Waals surface area (Å²) >= 11 is 0. The summed E-state index contributed by atoms with van der Waals surface area (Å²) in [4.78, 5) is 8.89. The molecule has 0 aromatic heterocycles. The van der Waals surface area contributed by atoms with Crippen molar-refractivity contribution < 1.29 is 32.4 Å². The SMILES string of the molecule is CC(=O)[O-].O.[Mn+2]. The molecule has 0 heterocycles. The molecular formula is C2H5MnO3+. The van der Waals surface area contributed by atoms with Crippen molar-refractivity contribution in [3.8, 4) is 0 Å². The molecule has 0 saturated heterocycles. The van der Waals surface area contributed by atoms with Crippen LogP contribution in [0.25, 0.3) is 0 Å². The van der Waals surface area contributed by atoms with Gasteiger partial charge in [-0.15, -0.1) is 0 Å². The van der Waals surface area contributed by atoms with Crippen molar-refractivity contribution in [2.45, 2.75) is 6.92 Å². The van der Waals surface area contributed by atoms with Crippen LogP contribution in [-0.4, -0.2) is 11.4 Å². The van der Waals surface area contributed by atoms with Gasteiger partial charge < -0.3 is 15.4 Å². The number of hydrogen-bond donors (Lipinski definition) is 0. The summed E-state index contributed by atoms with van der Waals surface area (Å²) in [5, 5.41) is 8.89. The zero-order chi connectivity index (χ0) is 3.58. The minimum Gasteiger partial charge on any atom is -0.550 e. The number of rotatable bonds is 0. The fourth-order valence-electron chi connectivity index (χ4n) is 0. The van der Waals surface area contributed by atoms with Crippen LogP contribution in [0.1, 0.15) is 6.92 Å². The van der Waals surface area contributed by atoms with E-state index in [-0.39, 0.29) is 22.5 Å². The van der Waals surface area contributed by atoms with Crippen LogP contribution in [0.3, 0.4) is 0 Å². The fraction of sp³-hybridized carbons (Fsp3) is 0.500. The van der Waals surface area contributed by atoms with Crippen LogP contribution < -0.4 is 5.11 Å². The second kappa shape index (κ2) is 8.87. The molecule has 0 saturated carbocycles. The molecule has 0 aromatic carbocycles. The van der Waals surface area contributed by atoms with Gasteiger partial charge in [0.15, 0.2) is 0 Å². The molecule has 0 spiro atoms. The third-order valence-corrected chi connectivity index (χ3v) is 0. The van der Waals surface area contributed by atoms with Gasteiger partial charge in [-0.25, -0.2) is 0 Å². The molecule has 0 aliphatic carbocycles. The number of carbonyl (C=O) groups is 1. The van der Waals surface area contributed by atoms with E-state index in [0.717, 1.165) is 6.92 Å². The van der Waals surface area contributed by atoms with Crippen LogP contribution in [0.5, 0.6) is 0 Å². The Balaban J connectivity index is -0.0000000450. The van der Waals surface area contributed by atoms with Crippen molar-refractivity contribution >= 4 is 5.97 Å². The van der Waals surface area contributed by atoms with Gasteiger partial charge in [0.2, 0.25) is 0 Å². The number of carboxylic acid groups (broad SMARTS) is 1. The molecule has 4 heteroatoms. The maximum absolute atomic E-state index is 8.89. The van der Waals surface area contributed by atoms with E-state index in [4.69, 9.17) is 9.90 Å². The van der Waals surface area contributed by atoms with Gasteiger partial charge >= 0.3 is 17.1 Å². The van der Waals surface area contributed by atoms with Crippen LogP contribution in [-0.2, 0) is 21.9 Å². The summed E-state index contributed by atoms with van der Waals surface area (Å²) < 4.78 is 0. The zero-order valence-electron chi connectivity index (χ0n) is 3.19. The van der Waals surface area contributed by atoms with Crippen molar-refractivity contribution in [3.63, 3.8) is 0 Å². The van der Waals surface area contributed by atoms with Crippen molar-refractivity contribution in [3.05, 3.63) is 0 Å². The molecule has 3 nitrogen and oxygen atoms in total. The van der Waals surface area contributed by atoms with E-state index >= 15 is 0 Å². The Hall–Kier alpha value is -0.0505. The van der Waals surface area contributed by atoms with E-state index in [9.17, 15) is 0 Å². The van der Waals surface area contributed by atoms with Crippen LogP contribution in [0.2, 0.25) is 0 Å². The van der Waals surface area contributed by atoms with Gasteiger partial charge in [0.25, 0.3) is 0 Å². The summed E-state index contributed by atoms with van der Waals surface area (Å²) in [5.74, 6) is -1.08. The average Bonchev–Trinajstić information content (AvgIpc) is 0.811. The third kappa shape index (κ3) is 13500. The van der Waals surface area contributed by atoms with E-state index in [1.54, 1.807) is 0 Å². The maximum atomic E-state index is 8.89. The Labute approximate surface area is 46.1 Å². The molecular weight excluding hydrogens is 127 g/mol. The summed E-state index contributed by atoms with van der Waals surface area (Å²) in [6, 6.07) is 0. The third-order valence-electron chi connectivity index (χ3n) is 0. The molecule has 0 amide bonds. The number of carbonyl (C=O) groups excluding carboxylic acids is 1. The van der Waals surface area contributed by atoms with Gasteiger partial charge in [-0.05, 0) is 6.92 Å². The quantitative estimate of drug-likeness (QED) is 0.355. The van der Waals surface area contributed by atoms with Crippen molar-refractivity contribution in [1.82, 2.24) is 0 Å². The molecule has 0 fully saturated rings. The first-order valence-electron chi connectivity index (χ1n) is 0.908. The molecule has 1 radical (unpaired) electrons. The predicted octanol–water partition coefficient (Wildman–Crippen LogP) is -2.07. The monoisotopic (exact) mass is 132 g/mol. The second-order valence-corrected chi connectivity index (χ2v) is 0.492. The van der Waals surface area contributed by atoms with Crippen molar-refractivity contribution in [2.24, 2.45) is 0 Å². The Morgan fingerprint density at radius 1 is 1.67 bits per heavy atom. The van der Waals surface area contributed by atoms with Gasteiger partial charge in [-0.1, -0.05) is 0 Å². The summed E-state index contributed by atoms with van der Waals surface area (Å²) in [5.41, 5.74) is 0. The van der Waals surface area contributed by atoms with Crippen LogP contribution in [0, 0.1) is 0 Å². The Bertz CT molecular complexity index is 31.8. The molecule has 0 bridgehead atoms. The minimum absolute atomic E-state index is 0. The standard InChI is InChI=1S/C2H4O2.Mn.H2O/c1-2(3)4;;/h1H3,(H,3,4);;1H2/q;+2;/p-1. The van der Waals surface area contributed by atoms with Crippen LogP contribution in [0.15, 0.2) is 0 Å². The van der Waals surface area contributed by atoms with E-state index in [1.807, 2.05) is 0 Å². The molecule has 6 heavy (non-hydrogen) atoms. The van der Waals surface area contributed by atoms with E-state index < -0.39 is 5.97 Å². The molecule has 37 valence electrons. The van der Waals surface area contributed by atoms with Crippen molar-refractivity contribution in [2.75, 3.05) is 0 Å². The molecule has 2 N–H and O–H groups in total. The first-order chi connectivity index (χ1) is 1.73. The number of aliphatic carboxylic acids is 1. The average molecular weight is 132 g/mol. The normalized spacial score (nSPS) is 4.17. The van der Waals surface area contributed by atoms with Crippen LogP contribution in [0.4, 0.5) is 0 Å². The summed E-state index contributed by atoms with van der Waals surface area (Å²) in [6.45, 7) is 0.972. The largest absolute Gasteiger partial charge is 2.00 e. The van der Waals surface area contributed by atoms with Crippen LogP contribution >= 0.6 is 0 Å². The predicted molar refractivity (Wildman–Crippen MR) is 14.3 cm³/mol. The van der Waals surface area contributed by atoms with Crippen molar-refractivity contribution in [1.29, 1.82) is 0 Å². The fourth-order valence-corrected chi connectivity index (χ4v) is 0. The number of hydrogen-bond acceptors (Lipinski definition) is 2. The molecule has 0 atom stereocenters. The smallest absolute Gasteiger partial charge is 0.550 e. The number of carboxylic acids is 1. The maximum Gasteiger partial charge on any atom is 2.00 e. The van der Waals surface area contributed by atoms with Gasteiger partial charge in [0.05, 0.1) is 0 Å². The van der Waals surface area contributed by atoms with E-state index in [1.165, 1.54) is 0 Å². The van der Waals surface area contributed by atoms with Gasteiger partial charge in [0, 0.05) is 5.97 Å². The van der Waals surface area contributed by atoms with E-state index in [0.29, 0.717) is 0 Å². The summed E-state index contributed by atoms with van der Waals surface area (Å²) in [7, 11) is 0. The Morgan fingerprint density at radius 2 is 1.67 bits per heavy atom. The molecule has 0 aromatic rings. The van der Waals surface area contributed by atoms with Gasteiger partial charge in [-0.2, -0.15) is 0 Å². The molecule has 0 rings (SSSR count). The first-order valence-corrected chi connectivity index (χ1v) is 0.908. The Morgan fingerprint density at radius 3 is 1.67 bits per heavy atom. The molecule has 0 unspecified atom stereocenters.